The number of fused-ring (bicyclic) bond motifs is 1. The predicted octanol–water partition coefficient (Wildman–Crippen LogP) is 1.33. The van der Waals surface area contributed by atoms with Crippen molar-refractivity contribution in [2.45, 2.75) is 25.4 Å². The molecule has 1 saturated heterocycles. The molecular formula is C21H27N9. The van der Waals surface area contributed by atoms with Crippen molar-refractivity contribution in [2.24, 2.45) is 5.84 Å². The van der Waals surface area contributed by atoms with E-state index in [1.165, 1.54) is 0 Å². The van der Waals surface area contributed by atoms with Crippen LogP contribution in [0, 0.1) is 0 Å². The van der Waals surface area contributed by atoms with Crippen LogP contribution >= 0.6 is 0 Å². The van der Waals surface area contributed by atoms with Gasteiger partial charge in [0.15, 0.2) is 5.82 Å². The number of hydrazine groups is 2. The summed E-state index contributed by atoms with van der Waals surface area (Å²) in [6.07, 6.45) is 8.13. The first-order chi connectivity index (χ1) is 14.7. The van der Waals surface area contributed by atoms with Crippen LogP contribution in [0.5, 0.6) is 0 Å². The number of pyridine rings is 2. The number of anilines is 2. The van der Waals surface area contributed by atoms with Gasteiger partial charge in [-0.15, -0.1) is 0 Å². The third-order valence-electron chi connectivity index (χ3n) is 5.83. The lowest BCUT2D eigenvalue weighted by Crippen LogP contribution is -2.44. The van der Waals surface area contributed by atoms with E-state index in [1.807, 2.05) is 30.5 Å². The molecule has 30 heavy (non-hydrogen) atoms. The van der Waals surface area contributed by atoms with Gasteiger partial charge in [0.05, 0.1) is 17.9 Å². The van der Waals surface area contributed by atoms with Crippen molar-refractivity contribution in [1.82, 2.24) is 30.7 Å². The number of hydrogen-bond acceptors (Lipinski definition) is 8. The van der Waals surface area contributed by atoms with Gasteiger partial charge in [-0.1, -0.05) is 0 Å². The molecule has 5 heterocycles. The lowest BCUT2D eigenvalue weighted by Gasteiger charge is -2.31. The Morgan fingerprint density at radius 2 is 2.07 bits per heavy atom. The van der Waals surface area contributed by atoms with Crippen molar-refractivity contribution in [3.63, 3.8) is 0 Å². The van der Waals surface area contributed by atoms with Crippen LogP contribution in [0.25, 0.3) is 16.6 Å². The molecule has 0 bridgehead atoms. The predicted molar refractivity (Wildman–Crippen MR) is 119 cm³/mol. The van der Waals surface area contributed by atoms with Crippen molar-refractivity contribution >= 4 is 28.1 Å². The zero-order valence-electron chi connectivity index (χ0n) is 16.8. The van der Waals surface area contributed by atoms with Crippen LogP contribution in [0.1, 0.15) is 24.1 Å². The van der Waals surface area contributed by atoms with Crippen LogP contribution in [0.2, 0.25) is 0 Å². The SMILES string of the molecule is Nc1ccc(C2=CN(C3CCNCC3)NC2)nc1N(N)Cc1c[nH]c2ncccc12. The van der Waals surface area contributed by atoms with Gasteiger partial charge in [-0.05, 0) is 50.2 Å². The molecule has 1 fully saturated rings. The molecule has 0 unspecified atom stereocenters. The lowest BCUT2D eigenvalue weighted by molar-refractivity contribution is 0.182. The second-order valence-electron chi connectivity index (χ2n) is 7.83. The summed E-state index contributed by atoms with van der Waals surface area (Å²) >= 11 is 0. The van der Waals surface area contributed by atoms with Crippen molar-refractivity contribution < 1.29 is 0 Å². The number of rotatable bonds is 5. The number of aromatic nitrogens is 3. The van der Waals surface area contributed by atoms with Gasteiger partial charge in [0.2, 0.25) is 0 Å². The average Bonchev–Trinajstić information content (AvgIpc) is 3.43. The van der Waals surface area contributed by atoms with Gasteiger partial charge in [-0.3, -0.25) is 5.01 Å². The van der Waals surface area contributed by atoms with Gasteiger partial charge >= 0.3 is 0 Å². The van der Waals surface area contributed by atoms with Crippen LogP contribution < -0.4 is 27.3 Å². The summed E-state index contributed by atoms with van der Waals surface area (Å²) in [6.45, 7) is 3.34. The third kappa shape index (κ3) is 3.58. The summed E-state index contributed by atoms with van der Waals surface area (Å²) in [4.78, 5) is 12.3. The van der Waals surface area contributed by atoms with E-state index in [2.05, 4.69) is 31.9 Å². The number of piperidine rings is 1. The molecule has 9 nitrogen and oxygen atoms in total. The molecule has 156 valence electrons. The number of aromatic amines is 1. The summed E-state index contributed by atoms with van der Waals surface area (Å²) in [5, 5.41) is 8.28. The normalized spacial score (nSPS) is 17.5. The summed E-state index contributed by atoms with van der Waals surface area (Å²) in [5.41, 5.74) is 14.2. The minimum Gasteiger partial charge on any atom is -0.396 e. The van der Waals surface area contributed by atoms with Gasteiger partial charge < -0.3 is 21.0 Å². The minimum absolute atomic E-state index is 0.477. The fraction of sp³-hybridized carbons (Fsp3) is 0.333. The van der Waals surface area contributed by atoms with E-state index in [-0.39, 0.29) is 0 Å². The van der Waals surface area contributed by atoms with Crippen LogP contribution in [-0.4, -0.2) is 45.6 Å². The maximum Gasteiger partial charge on any atom is 0.166 e. The Morgan fingerprint density at radius 1 is 1.20 bits per heavy atom. The fourth-order valence-corrected chi connectivity index (χ4v) is 4.18. The van der Waals surface area contributed by atoms with Crippen LogP contribution in [0.4, 0.5) is 11.5 Å². The van der Waals surface area contributed by atoms with Crippen molar-refractivity contribution in [3.8, 4) is 0 Å². The molecule has 0 aliphatic carbocycles. The Hall–Kier alpha value is -3.14. The van der Waals surface area contributed by atoms with E-state index in [9.17, 15) is 0 Å². The number of nitrogens with one attached hydrogen (secondary N) is 3. The molecule has 2 aliphatic rings. The maximum absolute atomic E-state index is 6.39. The van der Waals surface area contributed by atoms with Gasteiger partial charge in [0.1, 0.15) is 5.65 Å². The Morgan fingerprint density at radius 3 is 2.93 bits per heavy atom. The molecule has 0 saturated carbocycles. The van der Waals surface area contributed by atoms with Crippen molar-refractivity contribution in [1.29, 1.82) is 0 Å². The number of hydrogen-bond donors (Lipinski definition) is 5. The van der Waals surface area contributed by atoms with Gasteiger partial charge in [0.25, 0.3) is 0 Å². The molecule has 7 N–H and O–H groups in total. The highest BCUT2D eigenvalue weighted by atomic mass is 15.5. The zero-order valence-corrected chi connectivity index (χ0v) is 16.8. The largest absolute Gasteiger partial charge is 0.396 e. The number of nitrogens with two attached hydrogens (primary N) is 2. The molecule has 3 aromatic heterocycles. The molecule has 3 aromatic rings. The first-order valence-corrected chi connectivity index (χ1v) is 10.3. The molecular weight excluding hydrogens is 378 g/mol. The number of nitrogens with zero attached hydrogens (tertiary/aromatic N) is 4. The van der Waals surface area contributed by atoms with Crippen molar-refractivity contribution in [3.05, 3.63) is 54.1 Å². The fourth-order valence-electron chi connectivity index (χ4n) is 4.18. The average molecular weight is 406 g/mol. The first-order valence-electron chi connectivity index (χ1n) is 10.3. The number of nitrogen functional groups attached to an aromatic ring is 1. The van der Waals surface area contributed by atoms with Gasteiger partial charge in [-0.2, -0.15) is 0 Å². The second-order valence-corrected chi connectivity index (χ2v) is 7.83. The quantitative estimate of drug-likeness (QED) is 0.318. The molecule has 0 spiro atoms. The lowest BCUT2D eigenvalue weighted by atomic mass is 10.1. The Kier molecular flexibility index (Phi) is 4.99. The monoisotopic (exact) mass is 405 g/mol. The molecule has 0 atom stereocenters. The highest BCUT2D eigenvalue weighted by Gasteiger charge is 2.24. The Balaban J connectivity index is 1.37. The topological polar surface area (TPSA) is 124 Å². The summed E-state index contributed by atoms with van der Waals surface area (Å²) in [5.74, 6) is 6.97. The Bertz CT molecular complexity index is 1070. The van der Waals surface area contributed by atoms with Crippen LogP contribution in [0.3, 0.4) is 0 Å². The highest BCUT2D eigenvalue weighted by Crippen LogP contribution is 2.27. The molecule has 2 aliphatic heterocycles. The summed E-state index contributed by atoms with van der Waals surface area (Å²) in [7, 11) is 0. The van der Waals surface area contributed by atoms with Crippen LogP contribution in [0.15, 0.2) is 42.9 Å². The molecule has 0 radical (unpaired) electrons. The van der Waals surface area contributed by atoms with Gasteiger partial charge in [0, 0.05) is 47.7 Å². The minimum atomic E-state index is 0.477. The third-order valence-corrected chi connectivity index (χ3v) is 5.83. The zero-order chi connectivity index (χ0) is 20.5. The van der Waals surface area contributed by atoms with Gasteiger partial charge in [-0.25, -0.2) is 21.2 Å². The summed E-state index contributed by atoms with van der Waals surface area (Å²) < 4.78 is 0. The van der Waals surface area contributed by atoms with E-state index in [1.54, 1.807) is 11.2 Å². The van der Waals surface area contributed by atoms with E-state index >= 15 is 0 Å². The van der Waals surface area contributed by atoms with Crippen LogP contribution in [-0.2, 0) is 6.54 Å². The van der Waals surface area contributed by atoms with E-state index in [0.717, 1.165) is 60.3 Å². The number of H-pyrrole nitrogens is 1. The Labute approximate surface area is 175 Å². The molecule has 0 aromatic carbocycles. The molecule has 5 rings (SSSR count). The second kappa shape index (κ2) is 7.94. The van der Waals surface area contributed by atoms with E-state index in [4.69, 9.17) is 16.6 Å². The highest BCUT2D eigenvalue weighted by molar-refractivity contribution is 5.80. The maximum atomic E-state index is 6.39. The molecule has 9 heteroatoms. The van der Waals surface area contributed by atoms with E-state index in [0.29, 0.717) is 24.1 Å². The molecule has 0 amide bonds. The summed E-state index contributed by atoms with van der Waals surface area (Å²) in [6, 6.07) is 8.30. The standard InChI is InChI=1S/C21H27N9/c22-18-3-4-19(15-11-27-30(13-15)16-5-8-24-9-6-16)28-21(18)29(23)12-14-10-26-20-17(14)2-1-7-25-20/h1-4,7,10,13,16,24,27H,5-6,8-9,11-12,22-23H2,(H,25,26). The van der Waals surface area contributed by atoms with E-state index < -0.39 is 0 Å². The smallest absolute Gasteiger partial charge is 0.166 e. The van der Waals surface area contributed by atoms with Crippen molar-refractivity contribution in [2.75, 3.05) is 30.4 Å². The first kappa shape index (κ1) is 18.9.